The molecule has 0 aromatic heterocycles. The molecule has 0 aromatic rings. The molecule has 2 heteroatoms. The van der Waals surface area contributed by atoms with Crippen molar-refractivity contribution < 1.29 is 4.74 Å². The van der Waals surface area contributed by atoms with Crippen LogP contribution in [0, 0.1) is 11.8 Å². The summed E-state index contributed by atoms with van der Waals surface area (Å²) in [6.07, 6.45) is 13.3. The lowest BCUT2D eigenvalue weighted by Gasteiger charge is -2.44. The molecule has 1 saturated heterocycles. The van der Waals surface area contributed by atoms with Crippen LogP contribution in [0.1, 0.15) is 64.2 Å². The van der Waals surface area contributed by atoms with Crippen molar-refractivity contribution >= 4 is 0 Å². The minimum Gasteiger partial charge on any atom is -0.375 e. The zero-order valence-corrected chi connectivity index (χ0v) is 11.0. The summed E-state index contributed by atoms with van der Waals surface area (Å²) in [6, 6.07) is 0.477. The molecule has 0 bridgehead atoms. The summed E-state index contributed by atoms with van der Waals surface area (Å²) >= 11 is 0. The second-order valence-electron chi connectivity index (χ2n) is 6.60. The quantitative estimate of drug-likeness (QED) is 0.760. The molecule has 17 heavy (non-hydrogen) atoms. The average Bonchev–Trinajstić information content (AvgIpc) is 2.78. The molecule has 3 fully saturated rings. The lowest BCUT2D eigenvalue weighted by molar-refractivity contribution is -0.105. The largest absolute Gasteiger partial charge is 0.375 e. The van der Waals surface area contributed by atoms with Gasteiger partial charge >= 0.3 is 0 Å². The predicted molar refractivity (Wildman–Crippen MR) is 69.8 cm³/mol. The predicted octanol–water partition coefficient (Wildman–Crippen LogP) is 3.24. The van der Waals surface area contributed by atoms with E-state index in [0.29, 0.717) is 6.04 Å². The van der Waals surface area contributed by atoms with E-state index in [1.807, 2.05) is 0 Å². The molecule has 3 rings (SSSR count). The first-order valence-electron chi connectivity index (χ1n) is 7.69. The summed E-state index contributed by atoms with van der Waals surface area (Å²) < 4.78 is 6.14. The highest BCUT2D eigenvalue weighted by Gasteiger charge is 2.43. The second kappa shape index (κ2) is 4.89. The van der Waals surface area contributed by atoms with Crippen LogP contribution < -0.4 is 5.73 Å². The van der Waals surface area contributed by atoms with Crippen molar-refractivity contribution in [3.63, 3.8) is 0 Å². The Balaban J connectivity index is 1.66. The smallest absolute Gasteiger partial charge is 0.0685 e. The zero-order valence-electron chi connectivity index (χ0n) is 11.0. The van der Waals surface area contributed by atoms with E-state index in [4.69, 9.17) is 10.5 Å². The van der Waals surface area contributed by atoms with Crippen molar-refractivity contribution in [1.29, 1.82) is 0 Å². The molecule has 1 spiro atoms. The summed E-state index contributed by atoms with van der Waals surface area (Å²) in [6.45, 7) is 0.994. The van der Waals surface area contributed by atoms with Gasteiger partial charge in [-0.3, -0.25) is 0 Å². The van der Waals surface area contributed by atoms with Gasteiger partial charge in [-0.25, -0.2) is 0 Å². The van der Waals surface area contributed by atoms with Gasteiger partial charge in [-0.05, 0) is 50.4 Å². The van der Waals surface area contributed by atoms with Crippen LogP contribution in [0.5, 0.6) is 0 Å². The molecule has 1 heterocycles. The first kappa shape index (κ1) is 12.0. The fraction of sp³-hybridized carbons (Fsp3) is 1.00. The van der Waals surface area contributed by atoms with Gasteiger partial charge in [0.15, 0.2) is 0 Å². The van der Waals surface area contributed by atoms with Crippen LogP contribution >= 0.6 is 0 Å². The molecule has 2 nitrogen and oxygen atoms in total. The molecular weight excluding hydrogens is 210 g/mol. The zero-order chi connectivity index (χ0) is 11.7. The third-order valence-electron chi connectivity index (χ3n) is 5.53. The lowest BCUT2D eigenvalue weighted by atomic mass is 9.70. The van der Waals surface area contributed by atoms with E-state index >= 15 is 0 Å². The molecule has 0 amide bonds. The highest BCUT2D eigenvalue weighted by molar-refractivity contribution is 4.95. The molecule has 98 valence electrons. The summed E-state index contributed by atoms with van der Waals surface area (Å²) in [5.41, 5.74) is 6.63. The number of hydrogen-bond donors (Lipinski definition) is 1. The Labute approximate surface area is 105 Å². The standard InChI is InChI=1S/C15H27NO/c16-14-6-2-1-5-13(14)12-7-10-17-15(11-12)8-3-4-9-15/h12-14H,1-11,16H2. The molecule has 3 unspecified atom stereocenters. The molecule has 2 N–H and O–H groups in total. The van der Waals surface area contributed by atoms with Gasteiger partial charge in [0.2, 0.25) is 0 Å². The van der Waals surface area contributed by atoms with E-state index in [9.17, 15) is 0 Å². The van der Waals surface area contributed by atoms with E-state index in [1.165, 1.54) is 64.2 Å². The average molecular weight is 237 g/mol. The summed E-state index contributed by atoms with van der Waals surface area (Å²) in [4.78, 5) is 0. The first-order chi connectivity index (χ1) is 8.29. The van der Waals surface area contributed by atoms with E-state index in [2.05, 4.69) is 0 Å². The van der Waals surface area contributed by atoms with E-state index < -0.39 is 0 Å². The highest BCUT2D eigenvalue weighted by Crippen LogP contribution is 2.46. The molecule has 0 radical (unpaired) electrons. The Morgan fingerprint density at radius 3 is 2.47 bits per heavy atom. The SMILES string of the molecule is NC1CCCCC1C1CCOC2(CCCC2)C1. The summed E-state index contributed by atoms with van der Waals surface area (Å²) in [7, 11) is 0. The lowest BCUT2D eigenvalue weighted by Crippen LogP contribution is -2.45. The maximum Gasteiger partial charge on any atom is 0.0685 e. The fourth-order valence-electron chi connectivity index (χ4n) is 4.57. The maximum absolute atomic E-state index is 6.36. The molecule has 0 aromatic carbocycles. The van der Waals surface area contributed by atoms with E-state index in [0.717, 1.165) is 18.4 Å². The second-order valence-corrected chi connectivity index (χ2v) is 6.60. The summed E-state index contributed by atoms with van der Waals surface area (Å²) in [5.74, 6) is 1.65. The van der Waals surface area contributed by atoms with Gasteiger partial charge in [0, 0.05) is 12.6 Å². The van der Waals surface area contributed by atoms with Crippen LogP contribution in [0.4, 0.5) is 0 Å². The Hall–Kier alpha value is -0.0800. The summed E-state index contributed by atoms with van der Waals surface area (Å²) in [5, 5.41) is 0. The Morgan fingerprint density at radius 1 is 0.941 bits per heavy atom. The topological polar surface area (TPSA) is 35.2 Å². The highest BCUT2D eigenvalue weighted by atomic mass is 16.5. The van der Waals surface area contributed by atoms with Crippen LogP contribution in [0.2, 0.25) is 0 Å². The van der Waals surface area contributed by atoms with Gasteiger partial charge in [0.1, 0.15) is 0 Å². The first-order valence-corrected chi connectivity index (χ1v) is 7.69. The Kier molecular flexibility index (Phi) is 3.45. The van der Waals surface area contributed by atoms with Crippen molar-refractivity contribution in [3.8, 4) is 0 Å². The van der Waals surface area contributed by atoms with Crippen molar-refractivity contribution in [3.05, 3.63) is 0 Å². The Bertz CT molecular complexity index is 260. The van der Waals surface area contributed by atoms with E-state index in [-0.39, 0.29) is 5.60 Å². The van der Waals surface area contributed by atoms with Crippen LogP contribution in [0.3, 0.4) is 0 Å². The minimum absolute atomic E-state index is 0.278. The van der Waals surface area contributed by atoms with Crippen LogP contribution in [0.25, 0.3) is 0 Å². The van der Waals surface area contributed by atoms with Gasteiger partial charge in [-0.15, -0.1) is 0 Å². The van der Waals surface area contributed by atoms with Gasteiger partial charge in [0.05, 0.1) is 5.60 Å². The van der Waals surface area contributed by atoms with Gasteiger partial charge in [-0.2, -0.15) is 0 Å². The minimum atomic E-state index is 0.278. The molecule has 2 aliphatic carbocycles. The fourth-order valence-corrected chi connectivity index (χ4v) is 4.57. The van der Waals surface area contributed by atoms with E-state index in [1.54, 1.807) is 0 Å². The van der Waals surface area contributed by atoms with Crippen molar-refractivity contribution in [2.24, 2.45) is 17.6 Å². The normalized spacial score (nSPS) is 41.8. The maximum atomic E-state index is 6.36. The van der Waals surface area contributed by atoms with Crippen LogP contribution in [0.15, 0.2) is 0 Å². The van der Waals surface area contributed by atoms with Crippen molar-refractivity contribution in [2.45, 2.75) is 75.9 Å². The number of rotatable bonds is 1. The number of nitrogens with two attached hydrogens (primary N) is 1. The molecule has 3 aliphatic rings. The third-order valence-corrected chi connectivity index (χ3v) is 5.53. The van der Waals surface area contributed by atoms with Crippen molar-refractivity contribution in [2.75, 3.05) is 6.61 Å². The number of hydrogen-bond acceptors (Lipinski definition) is 2. The van der Waals surface area contributed by atoms with Crippen molar-refractivity contribution in [1.82, 2.24) is 0 Å². The molecular formula is C15H27NO. The number of ether oxygens (including phenoxy) is 1. The van der Waals surface area contributed by atoms with Gasteiger partial charge in [-0.1, -0.05) is 25.7 Å². The Morgan fingerprint density at radius 2 is 1.71 bits per heavy atom. The van der Waals surface area contributed by atoms with Gasteiger partial charge in [0.25, 0.3) is 0 Å². The molecule has 2 saturated carbocycles. The monoisotopic (exact) mass is 237 g/mol. The van der Waals surface area contributed by atoms with Crippen LogP contribution in [-0.2, 0) is 4.74 Å². The van der Waals surface area contributed by atoms with Crippen LogP contribution in [-0.4, -0.2) is 18.2 Å². The molecule has 1 aliphatic heterocycles. The molecule has 3 atom stereocenters. The van der Waals surface area contributed by atoms with Gasteiger partial charge < -0.3 is 10.5 Å². The third kappa shape index (κ3) is 2.39.